The standard InChI is InChI=1S/C22H18ClN3O2S2/c1-14-6-3-4-9-18(14)26-21(28)20-17(10-11-29-20)24-22(26)30-13-19(27)25(2)16-8-5-7-15(23)12-16/h3-12H,13H2,1-2H3. The zero-order valence-corrected chi connectivity index (χ0v) is 18.7. The van der Waals surface area contributed by atoms with Gasteiger partial charge in [-0.25, -0.2) is 4.98 Å². The number of amides is 1. The Balaban J connectivity index is 1.69. The molecule has 0 fully saturated rings. The molecule has 8 heteroatoms. The lowest BCUT2D eigenvalue weighted by Gasteiger charge is -2.18. The Morgan fingerprint density at radius 1 is 1.20 bits per heavy atom. The van der Waals surface area contributed by atoms with Gasteiger partial charge in [-0.2, -0.15) is 0 Å². The van der Waals surface area contributed by atoms with Crippen molar-refractivity contribution in [3.8, 4) is 5.69 Å². The van der Waals surface area contributed by atoms with Crippen LogP contribution in [0.2, 0.25) is 5.02 Å². The molecule has 0 spiro atoms. The van der Waals surface area contributed by atoms with Crippen molar-refractivity contribution >= 4 is 56.5 Å². The van der Waals surface area contributed by atoms with E-state index < -0.39 is 0 Å². The highest BCUT2D eigenvalue weighted by molar-refractivity contribution is 7.99. The Hall–Kier alpha value is -2.61. The molecule has 0 aliphatic heterocycles. The number of rotatable bonds is 5. The van der Waals surface area contributed by atoms with Gasteiger partial charge in [0.25, 0.3) is 5.56 Å². The molecule has 0 unspecified atom stereocenters. The molecule has 2 heterocycles. The van der Waals surface area contributed by atoms with Crippen LogP contribution >= 0.6 is 34.7 Å². The van der Waals surface area contributed by atoms with Crippen molar-refractivity contribution in [1.29, 1.82) is 0 Å². The molecular formula is C22H18ClN3O2S2. The minimum atomic E-state index is -0.123. The molecule has 4 aromatic rings. The van der Waals surface area contributed by atoms with E-state index in [1.54, 1.807) is 34.7 Å². The number of hydrogen-bond donors (Lipinski definition) is 0. The van der Waals surface area contributed by atoms with Crippen LogP contribution in [0.25, 0.3) is 15.9 Å². The lowest BCUT2D eigenvalue weighted by atomic mass is 10.2. The number of aromatic nitrogens is 2. The average molecular weight is 456 g/mol. The maximum atomic E-state index is 13.2. The van der Waals surface area contributed by atoms with Gasteiger partial charge in [-0.1, -0.05) is 47.6 Å². The van der Waals surface area contributed by atoms with Gasteiger partial charge in [-0.3, -0.25) is 14.2 Å². The number of fused-ring (bicyclic) bond motifs is 1. The number of nitrogens with zero attached hydrogens (tertiary/aromatic N) is 3. The van der Waals surface area contributed by atoms with Gasteiger partial charge < -0.3 is 4.90 Å². The van der Waals surface area contributed by atoms with Gasteiger partial charge in [-0.05, 0) is 48.2 Å². The molecule has 0 saturated heterocycles. The molecule has 152 valence electrons. The Labute approximate surface area is 186 Å². The quantitative estimate of drug-likeness (QED) is 0.308. The first-order valence-corrected chi connectivity index (χ1v) is 11.4. The van der Waals surface area contributed by atoms with Crippen molar-refractivity contribution in [2.45, 2.75) is 12.1 Å². The van der Waals surface area contributed by atoms with Crippen LogP contribution in [0.15, 0.2) is 69.9 Å². The smallest absolute Gasteiger partial charge is 0.276 e. The molecule has 2 aromatic carbocycles. The van der Waals surface area contributed by atoms with Gasteiger partial charge in [0.2, 0.25) is 5.91 Å². The Kier molecular flexibility index (Phi) is 5.94. The fourth-order valence-corrected chi connectivity index (χ4v) is 4.93. The molecule has 0 atom stereocenters. The summed E-state index contributed by atoms with van der Waals surface area (Å²) in [5, 5.41) is 2.92. The minimum absolute atomic E-state index is 0.113. The number of para-hydroxylation sites is 1. The number of carbonyl (C=O) groups is 1. The number of halogens is 1. The Morgan fingerprint density at radius 3 is 2.77 bits per heavy atom. The highest BCUT2D eigenvalue weighted by Crippen LogP contribution is 2.26. The summed E-state index contributed by atoms with van der Waals surface area (Å²) in [5.41, 5.74) is 2.96. The van der Waals surface area contributed by atoms with Crippen LogP contribution in [0, 0.1) is 6.92 Å². The molecule has 0 aliphatic rings. The highest BCUT2D eigenvalue weighted by Gasteiger charge is 2.18. The van der Waals surface area contributed by atoms with E-state index in [1.165, 1.54) is 23.1 Å². The topological polar surface area (TPSA) is 55.2 Å². The average Bonchev–Trinajstić information content (AvgIpc) is 3.21. The van der Waals surface area contributed by atoms with Crippen LogP contribution in [0.1, 0.15) is 5.56 Å². The van der Waals surface area contributed by atoms with Gasteiger partial charge in [0.15, 0.2) is 5.16 Å². The largest absolute Gasteiger partial charge is 0.315 e. The first-order valence-electron chi connectivity index (χ1n) is 9.17. The first-order chi connectivity index (χ1) is 14.5. The van der Waals surface area contributed by atoms with Crippen LogP contribution < -0.4 is 10.5 Å². The molecule has 1 amide bonds. The first kappa shape index (κ1) is 20.7. The van der Waals surface area contributed by atoms with E-state index >= 15 is 0 Å². The summed E-state index contributed by atoms with van der Waals surface area (Å²) in [5.74, 6) is 0.0232. The number of carbonyl (C=O) groups excluding carboxylic acids is 1. The van der Waals surface area contributed by atoms with E-state index in [2.05, 4.69) is 4.98 Å². The van der Waals surface area contributed by atoms with E-state index in [0.29, 0.717) is 26.1 Å². The van der Waals surface area contributed by atoms with E-state index in [1.807, 2.05) is 48.7 Å². The predicted octanol–water partition coefficient (Wildman–Crippen LogP) is 5.16. The van der Waals surface area contributed by atoms with Gasteiger partial charge >= 0.3 is 0 Å². The molecule has 4 rings (SSSR count). The van der Waals surface area contributed by atoms with Crippen molar-refractivity contribution in [3.63, 3.8) is 0 Å². The monoisotopic (exact) mass is 455 g/mol. The van der Waals surface area contributed by atoms with Crippen LogP contribution in [-0.4, -0.2) is 28.3 Å². The minimum Gasteiger partial charge on any atom is -0.315 e. The van der Waals surface area contributed by atoms with Crippen molar-refractivity contribution in [1.82, 2.24) is 9.55 Å². The Bertz CT molecular complexity index is 1300. The van der Waals surface area contributed by atoms with Crippen LogP contribution in [0.4, 0.5) is 5.69 Å². The zero-order valence-electron chi connectivity index (χ0n) is 16.3. The number of aryl methyl sites for hydroxylation is 1. The van der Waals surface area contributed by atoms with Gasteiger partial charge in [0, 0.05) is 17.8 Å². The highest BCUT2D eigenvalue weighted by atomic mass is 35.5. The third kappa shape index (κ3) is 4.01. The molecule has 2 aromatic heterocycles. The van der Waals surface area contributed by atoms with Crippen molar-refractivity contribution in [3.05, 3.63) is 80.9 Å². The molecule has 0 bridgehead atoms. The SMILES string of the molecule is Cc1ccccc1-n1c(SCC(=O)N(C)c2cccc(Cl)c2)nc2ccsc2c1=O. The fourth-order valence-electron chi connectivity index (χ4n) is 3.07. The summed E-state index contributed by atoms with van der Waals surface area (Å²) >= 11 is 8.66. The second-order valence-corrected chi connectivity index (χ2v) is 8.97. The summed E-state index contributed by atoms with van der Waals surface area (Å²) in [6.45, 7) is 1.95. The molecule has 5 nitrogen and oxygen atoms in total. The maximum absolute atomic E-state index is 13.2. The third-order valence-corrected chi connectivity index (χ3v) is 6.75. The van der Waals surface area contributed by atoms with Crippen LogP contribution in [-0.2, 0) is 4.79 Å². The number of thiophene rings is 1. The number of thioether (sulfide) groups is 1. The molecule has 0 aliphatic carbocycles. The molecule has 30 heavy (non-hydrogen) atoms. The zero-order chi connectivity index (χ0) is 21.3. The Morgan fingerprint density at radius 2 is 2.00 bits per heavy atom. The summed E-state index contributed by atoms with van der Waals surface area (Å²) in [6, 6.07) is 16.6. The maximum Gasteiger partial charge on any atom is 0.276 e. The summed E-state index contributed by atoms with van der Waals surface area (Å²) in [4.78, 5) is 32.2. The number of benzene rings is 2. The summed E-state index contributed by atoms with van der Waals surface area (Å²) in [7, 11) is 1.71. The fraction of sp³-hybridized carbons (Fsp3) is 0.136. The van der Waals surface area contributed by atoms with Crippen molar-refractivity contribution in [2.75, 3.05) is 17.7 Å². The number of anilines is 1. The second-order valence-electron chi connectivity index (χ2n) is 6.68. The van der Waals surface area contributed by atoms with Gasteiger partial charge in [0.1, 0.15) is 4.70 Å². The lowest BCUT2D eigenvalue weighted by Crippen LogP contribution is -2.28. The van der Waals surface area contributed by atoms with E-state index in [-0.39, 0.29) is 17.2 Å². The second kappa shape index (κ2) is 8.63. The van der Waals surface area contributed by atoms with Crippen LogP contribution in [0.5, 0.6) is 0 Å². The molecule has 0 saturated carbocycles. The van der Waals surface area contributed by atoms with E-state index in [4.69, 9.17) is 11.6 Å². The molecule has 0 N–H and O–H groups in total. The van der Waals surface area contributed by atoms with Gasteiger partial charge in [0.05, 0.1) is 17.0 Å². The van der Waals surface area contributed by atoms with Gasteiger partial charge in [-0.15, -0.1) is 11.3 Å². The van der Waals surface area contributed by atoms with Crippen molar-refractivity contribution in [2.24, 2.45) is 0 Å². The lowest BCUT2D eigenvalue weighted by molar-refractivity contribution is -0.115. The van der Waals surface area contributed by atoms with E-state index in [0.717, 1.165) is 11.3 Å². The van der Waals surface area contributed by atoms with Crippen molar-refractivity contribution < 1.29 is 4.79 Å². The van der Waals surface area contributed by atoms with Crippen LogP contribution in [0.3, 0.4) is 0 Å². The molecular weight excluding hydrogens is 438 g/mol. The number of hydrogen-bond acceptors (Lipinski definition) is 5. The van der Waals surface area contributed by atoms with E-state index in [9.17, 15) is 9.59 Å². The summed E-state index contributed by atoms with van der Waals surface area (Å²) in [6.07, 6.45) is 0. The third-order valence-electron chi connectivity index (χ3n) is 4.70. The predicted molar refractivity (Wildman–Crippen MR) is 126 cm³/mol. The normalized spacial score (nSPS) is 11.0. The molecule has 0 radical (unpaired) electrons. The summed E-state index contributed by atoms with van der Waals surface area (Å²) < 4.78 is 2.20.